The first-order valence-corrected chi connectivity index (χ1v) is 14.0. The highest BCUT2D eigenvalue weighted by atomic mass is 79.9. The molecule has 5 rings (SSSR count). The number of carbonyl (C=O) groups is 1. The Hall–Kier alpha value is -3.50. The zero-order valence-electron chi connectivity index (χ0n) is 23.5. The number of halogens is 2. The summed E-state index contributed by atoms with van der Waals surface area (Å²) >= 11 is 3.48. The number of anilines is 1. The molecular formula is C30H36BrFN4O4. The van der Waals surface area contributed by atoms with Gasteiger partial charge in [-0.15, -0.1) is 0 Å². The smallest absolute Gasteiger partial charge is 0.292 e. The van der Waals surface area contributed by atoms with E-state index in [9.17, 15) is 9.50 Å². The lowest BCUT2D eigenvalue weighted by Crippen LogP contribution is -2.47. The summed E-state index contributed by atoms with van der Waals surface area (Å²) in [7, 11) is 1.31. The molecule has 0 bridgehead atoms. The molecule has 1 atom stereocenters. The van der Waals surface area contributed by atoms with Crippen LogP contribution in [0.5, 0.6) is 0 Å². The van der Waals surface area contributed by atoms with E-state index in [1.54, 1.807) is 6.07 Å². The third-order valence-corrected chi connectivity index (χ3v) is 7.22. The zero-order valence-corrected chi connectivity index (χ0v) is 25.1. The van der Waals surface area contributed by atoms with E-state index in [2.05, 4.69) is 52.8 Å². The van der Waals surface area contributed by atoms with Crippen molar-refractivity contribution in [1.82, 2.24) is 4.90 Å². The van der Waals surface area contributed by atoms with Crippen LogP contribution in [0.25, 0.3) is 6.08 Å². The number of carbonyl (C=O) groups excluding carboxylic acids is 1. The number of allylic oxidation sites excluding steroid dienone is 1. The van der Waals surface area contributed by atoms with Crippen molar-refractivity contribution in [3.05, 3.63) is 80.8 Å². The second-order valence-corrected chi connectivity index (χ2v) is 10.0. The number of aliphatic hydroxyl groups is 1. The van der Waals surface area contributed by atoms with Crippen LogP contribution in [0.4, 0.5) is 10.1 Å². The van der Waals surface area contributed by atoms with Crippen LogP contribution in [0.3, 0.4) is 0 Å². The van der Waals surface area contributed by atoms with Crippen LogP contribution in [-0.4, -0.2) is 48.7 Å². The van der Waals surface area contributed by atoms with Gasteiger partial charge < -0.3 is 24.5 Å². The number of benzene rings is 2. The molecule has 1 N–H and O–H groups in total. The van der Waals surface area contributed by atoms with Crippen molar-refractivity contribution in [3.63, 3.8) is 0 Å². The SMILES string of the molecule is CC.CC1=CN(c2ccc(/C=C3/CCCN4C3=NOC4(C)c3ccc(F)cc3Br)cc2CO)CC=N1.COC=O. The van der Waals surface area contributed by atoms with Crippen LogP contribution in [0.1, 0.15) is 57.2 Å². The number of fused-ring (bicyclic) bond motifs is 1. The van der Waals surface area contributed by atoms with E-state index in [1.165, 1.54) is 19.2 Å². The molecule has 3 heterocycles. The van der Waals surface area contributed by atoms with E-state index in [0.29, 0.717) is 17.5 Å². The minimum absolute atomic E-state index is 0.0558. The molecule has 0 aliphatic carbocycles. The number of hydrogen-bond acceptors (Lipinski definition) is 8. The number of aliphatic hydroxyl groups excluding tert-OH is 1. The molecule has 40 heavy (non-hydrogen) atoms. The molecule has 1 unspecified atom stereocenters. The Labute approximate surface area is 243 Å². The van der Waals surface area contributed by atoms with Crippen LogP contribution in [0.2, 0.25) is 0 Å². The molecule has 1 fully saturated rings. The maximum Gasteiger partial charge on any atom is 0.292 e. The second kappa shape index (κ2) is 14.2. The first kappa shape index (κ1) is 31.0. The van der Waals surface area contributed by atoms with Crippen LogP contribution < -0.4 is 4.90 Å². The molecule has 214 valence electrons. The number of aliphatic imine (C=N–C) groups is 1. The lowest BCUT2D eigenvalue weighted by Gasteiger charge is -2.38. The highest BCUT2D eigenvalue weighted by Gasteiger charge is 2.46. The predicted molar refractivity (Wildman–Crippen MR) is 160 cm³/mol. The lowest BCUT2D eigenvalue weighted by atomic mass is 9.95. The molecule has 3 aliphatic heterocycles. The van der Waals surface area contributed by atoms with Crippen LogP contribution in [0, 0.1) is 5.82 Å². The molecule has 0 saturated carbocycles. The summed E-state index contributed by atoms with van der Waals surface area (Å²) < 4.78 is 18.2. The summed E-state index contributed by atoms with van der Waals surface area (Å²) in [5.41, 5.74) is 4.83. The summed E-state index contributed by atoms with van der Waals surface area (Å²) in [6.07, 6.45) is 7.80. The maximum absolute atomic E-state index is 13.7. The first-order valence-electron chi connectivity index (χ1n) is 13.2. The summed E-state index contributed by atoms with van der Waals surface area (Å²) in [4.78, 5) is 23.5. The third kappa shape index (κ3) is 6.79. The zero-order chi connectivity index (χ0) is 29.3. The molecule has 0 aromatic heterocycles. The standard InChI is InChI=1S/C26H26BrFN4O2.C2H4O2.C2H6/c1-17-15-31(11-9-29-17)24-8-5-18(13-20(24)16-33)12-19-4-3-10-32-25(19)30-34-26(32,2)22-7-6-21(28)14-23(22)27;1-4-2-3;1-2/h5-9,12-15,33H,3-4,10-11,16H2,1-2H3;2H,1H3;1-2H3/b19-12-;;. The third-order valence-electron chi connectivity index (χ3n) is 6.56. The van der Waals surface area contributed by atoms with Gasteiger partial charge in [0, 0.05) is 47.2 Å². The molecule has 0 amide bonds. The average Bonchev–Trinajstić information content (AvgIpc) is 3.32. The monoisotopic (exact) mass is 614 g/mol. The Balaban J connectivity index is 0.000000677. The fraction of sp³-hybridized carbons (Fsp3) is 0.367. The molecule has 0 spiro atoms. The van der Waals surface area contributed by atoms with Gasteiger partial charge in [0.15, 0.2) is 5.84 Å². The van der Waals surface area contributed by atoms with Crippen LogP contribution in [0.15, 0.2) is 68.5 Å². The summed E-state index contributed by atoms with van der Waals surface area (Å²) in [5, 5.41) is 14.5. The molecule has 2 aromatic rings. The Morgan fingerprint density at radius 3 is 2.65 bits per heavy atom. The van der Waals surface area contributed by atoms with Gasteiger partial charge in [0.1, 0.15) is 5.82 Å². The Morgan fingerprint density at radius 1 is 1.25 bits per heavy atom. The van der Waals surface area contributed by atoms with E-state index in [4.69, 9.17) is 9.63 Å². The normalized spacial score (nSPS) is 20.2. The van der Waals surface area contributed by atoms with Crippen molar-refractivity contribution in [2.45, 2.75) is 52.9 Å². The summed E-state index contributed by atoms with van der Waals surface area (Å²) in [6, 6.07) is 10.7. The minimum Gasteiger partial charge on any atom is -0.471 e. The quantitative estimate of drug-likeness (QED) is 0.395. The number of piperidine rings is 1. The van der Waals surface area contributed by atoms with Crippen molar-refractivity contribution in [3.8, 4) is 0 Å². The molecule has 10 heteroatoms. The highest BCUT2D eigenvalue weighted by Crippen LogP contribution is 2.42. The van der Waals surface area contributed by atoms with E-state index >= 15 is 0 Å². The van der Waals surface area contributed by atoms with Gasteiger partial charge in [-0.25, -0.2) is 4.39 Å². The van der Waals surface area contributed by atoms with Crippen molar-refractivity contribution >= 4 is 46.2 Å². The number of methoxy groups -OCH3 is 1. The van der Waals surface area contributed by atoms with E-state index in [1.807, 2.05) is 52.2 Å². The fourth-order valence-electron chi connectivity index (χ4n) is 4.78. The van der Waals surface area contributed by atoms with Crippen LogP contribution >= 0.6 is 15.9 Å². The van der Waals surface area contributed by atoms with Gasteiger partial charge in [-0.1, -0.05) is 41.0 Å². The summed E-state index contributed by atoms with van der Waals surface area (Å²) in [6.45, 7) is 9.70. The van der Waals surface area contributed by atoms with Crippen molar-refractivity contribution in [2.75, 3.05) is 25.1 Å². The van der Waals surface area contributed by atoms with Gasteiger partial charge in [0.05, 0.1) is 26.0 Å². The van der Waals surface area contributed by atoms with Gasteiger partial charge in [0.2, 0.25) is 5.72 Å². The van der Waals surface area contributed by atoms with Crippen LogP contribution in [-0.2, 0) is 26.7 Å². The van der Waals surface area contributed by atoms with Gasteiger partial charge in [0.25, 0.3) is 6.47 Å². The van der Waals surface area contributed by atoms with E-state index in [-0.39, 0.29) is 12.4 Å². The topological polar surface area (TPSA) is 87.0 Å². The number of amidine groups is 1. The van der Waals surface area contributed by atoms with Crippen molar-refractivity contribution < 1.29 is 23.9 Å². The number of nitrogens with zero attached hydrogens (tertiary/aromatic N) is 4. The molecular weight excluding hydrogens is 579 g/mol. The summed E-state index contributed by atoms with van der Waals surface area (Å²) in [5.74, 6) is 0.494. The average molecular weight is 616 g/mol. The Kier molecular flexibility index (Phi) is 11.0. The number of oxime groups is 1. The Bertz CT molecular complexity index is 1330. The van der Waals surface area contributed by atoms with Gasteiger partial charge in [-0.05, 0) is 67.3 Å². The largest absolute Gasteiger partial charge is 0.471 e. The highest BCUT2D eigenvalue weighted by molar-refractivity contribution is 9.10. The number of hydrogen-bond donors (Lipinski definition) is 1. The number of rotatable bonds is 5. The fourth-order valence-corrected chi connectivity index (χ4v) is 5.49. The van der Waals surface area contributed by atoms with E-state index < -0.39 is 5.72 Å². The van der Waals surface area contributed by atoms with Crippen molar-refractivity contribution in [1.29, 1.82) is 0 Å². The molecule has 2 aromatic carbocycles. The second-order valence-electron chi connectivity index (χ2n) is 9.15. The minimum atomic E-state index is -0.818. The predicted octanol–water partition coefficient (Wildman–Crippen LogP) is 6.34. The van der Waals surface area contributed by atoms with Gasteiger partial charge in [-0.3, -0.25) is 9.79 Å². The first-order chi connectivity index (χ1) is 19.3. The molecule has 1 saturated heterocycles. The lowest BCUT2D eigenvalue weighted by molar-refractivity contribution is -0.126. The van der Waals surface area contributed by atoms with E-state index in [0.717, 1.165) is 58.9 Å². The number of ether oxygens (including phenoxy) is 1. The van der Waals surface area contributed by atoms with Gasteiger partial charge >= 0.3 is 0 Å². The van der Waals surface area contributed by atoms with Gasteiger partial charge in [-0.2, -0.15) is 0 Å². The molecule has 8 nitrogen and oxygen atoms in total. The molecule has 0 radical (unpaired) electrons. The Morgan fingerprint density at radius 2 is 2.00 bits per heavy atom. The van der Waals surface area contributed by atoms with Crippen molar-refractivity contribution in [2.24, 2.45) is 10.1 Å². The molecule has 3 aliphatic rings. The maximum atomic E-state index is 13.7.